The van der Waals surface area contributed by atoms with Crippen LogP contribution in [0, 0.1) is 5.41 Å². The van der Waals surface area contributed by atoms with E-state index in [-0.39, 0.29) is 0 Å². The SMILES string of the molecule is CCCC(C)O[SiH2]CC(CN(C)CC)(CN(C)CC)CN(C)CC. The highest BCUT2D eigenvalue weighted by atomic mass is 28.2. The van der Waals surface area contributed by atoms with Crippen molar-refractivity contribution in [3.8, 4) is 0 Å². The molecule has 0 radical (unpaired) electrons. The van der Waals surface area contributed by atoms with E-state index in [0.29, 0.717) is 11.5 Å². The normalized spacial score (nSPS) is 14.6. The Balaban J connectivity index is 5.06. The summed E-state index contributed by atoms with van der Waals surface area (Å²) >= 11 is 0. The van der Waals surface area contributed by atoms with Crippen LogP contribution in [-0.2, 0) is 4.43 Å². The van der Waals surface area contributed by atoms with E-state index in [0.717, 1.165) is 39.3 Å². The van der Waals surface area contributed by atoms with Crippen LogP contribution in [0.15, 0.2) is 0 Å². The van der Waals surface area contributed by atoms with E-state index in [1.807, 2.05) is 0 Å². The Morgan fingerprint density at radius 1 is 0.833 bits per heavy atom. The summed E-state index contributed by atoms with van der Waals surface area (Å²) in [6.45, 7) is 18.1. The summed E-state index contributed by atoms with van der Waals surface area (Å²) in [6.07, 6.45) is 2.85. The Morgan fingerprint density at radius 3 is 1.58 bits per heavy atom. The van der Waals surface area contributed by atoms with Gasteiger partial charge in [0.25, 0.3) is 0 Å². The second-order valence-corrected chi connectivity index (χ2v) is 8.95. The van der Waals surface area contributed by atoms with Crippen molar-refractivity contribution in [1.82, 2.24) is 14.7 Å². The maximum atomic E-state index is 6.27. The topological polar surface area (TPSA) is 19.0 Å². The monoisotopic (exact) mass is 359 g/mol. The van der Waals surface area contributed by atoms with Crippen LogP contribution in [0.25, 0.3) is 0 Å². The lowest BCUT2D eigenvalue weighted by molar-refractivity contribution is 0.0948. The molecule has 0 fully saturated rings. The van der Waals surface area contributed by atoms with Crippen LogP contribution in [0.5, 0.6) is 0 Å². The van der Waals surface area contributed by atoms with Crippen LogP contribution in [-0.4, -0.2) is 91.0 Å². The molecule has 0 heterocycles. The van der Waals surface area contributed by atoms with Crippen molar-refractivity contribution in [2.45, 2.75) is 59.6 Å². The maximum absolute atomic E-state index is 6.27. The van der Waals surface area contributed by atoms with Crippen LogP contribution < -0.4 is 0 Å². The molecule has 0 aliphatic rings. The molecule has 0 bridgehead atoms. The van der Waals surface area contributed by atoms with E-state index in [9.17, 15) is 0 Å². The fourth-order valence-electron chi connectivity index (χ4n) is 3.41. The molecule has 1 atom stereocenters. The van der Waals surface area contributed by atoms with Crippen molar-refractivity contribution in [2.75, 3.05) is 60.4 Å². The second-order valence-electron chi connectivity index (χ2n) is 7.71. The molecule has 1 unspecified atom stereocenters. The van der Waals surface area contributed by atoms with Gasteiger partial charge in [-0.3, -0.25) is 0 Å². The molecule has 5 heteroatoms. The fourth-order valence-corrected chi connectivity index (χ4v) is 5.00. The summed E-state index contributed by atoms with van der Waals surface area (Å²) in [5.41, 5.74) is 0.318. The van der Waals surface area contributed by atoms with Crippen LogP contribution in [0.3, 0.4) is 0 Å². The van der Waals surface area contributed by atoms with Gasteiger partial charge in [-0.25, -0.2) is 0 Å². The van der Waals surface area contributed by atoms with E-state index >= 15 is 0 Å². The van der Waals surface area contributed by atoms with E-state index in [2.05, 4.69) is 70.5 Å². The predicted molar refractivity (Wildman–Crippen MR) is 111 cm³/mol. The van der Waals surface area contributed by atoms with Gasteiger partial charge in [-0.05, 0) is 60.2 Å². The minimum absolute atomic E-state index is 0.318. The highest BCUT2D eigenvalue weighted by molar-refractivity contribution is 6.27. The third-order valence-electron chi connectivity index (χ3n) is 5.17. The lowest BCUT2D eigenvalue weighted by atomic mass is 9.88. The Hall–Kier alpha value is 0.0569. The summed E-state index contributed by atoms with van der Waals surface area (Å²) in [6, 6.07) is 1.26. The van der Waals surface area contributed by atoms with Gasteiger partial charge in [0.15, 0.2) is 9.76 Å². The fraction of sp³-hybridized carbons (Fsp3) is 1.00. The summed E-state index contributed by atoms with van der Waals surface area (Å²) < 4.78 is 6.27. The lowest BCUT2D eigenvalue weighted by Crippen LogP contribution is -2.50. The predicted octanol–water partition coefficient (Wildman–Crippen LogP) is 2.54. The van der Waals surface area contributed by atoms with E-state index in [4.69, 9.17) is 4.43 Å². The number of hydrogen-bond acceptors (Lipinski definition) is 4. The largest absolute Gasteiger partial charge is 0.421 e. The zero-order valence-electron chi connectivity index (χ0n) is 17.9. The van der Waals surface area contributed by atoms with Crippen molar-refractivity contribution in [1.29, 1.82) is 0 Å². The molecule has 0 rings (SSSR count). The maximum Gasteiger partial charge on any atom is 0.162 e. The molecule has 0 aromatic carbocycles. The minimum atomic E-state index is -0.492. The van der Waals surface area contributed by atoms with Crippen molar-refractivity contribution < 1.29 is 4.43 Å². The molecule has 146 valence electrons. The lowest BCUT2D eigenvalue weighted by Gasteiger charge is -2.42. The first kappa shape index (κ1) is 24.1. The van der Waals surface area contributed by atoms with Gasteiger partial charge in [-0.1, -0.05) is 34.1 Å². The van der Waals surface area contributed by atoms with Crippen molar-refractivity contribution >= 4 is 9.76 Å². The van der Waals surface area contributed by atoms with Gasteiger partial charge >= 0.3 is 0 Å². The third kappa shape index (κ3) is 10.1. The van der Waals surface area contributed by atoms with Gasteiger partial charge in [-0.2, -0.15) is 0 Å². The molecule has 0 aromatic rings. The van der Waals surface area contributed by atoms with Gasteiger partial charge in [0.1, 0.15) is 0 Å². The molecule has 0 aromatic heterocycles. The third-order valence-corrected chi connectivity index (χ3v) is 7.23. The Kier molecular flexibility index (Phi) is 13.3. The summed E-state index contributed by atoms with van der Waals surface area (Å²) in [7, 11) is 6.28. The van der Waals surface area contributed by atoms with Crippen LogP contribution in [0.2, 0.25) is 6.04 Å². The number of rotatable bonds is 15. The Labute approximate surface area is 154 Å². The molecule has 0 saturated heterocycles. The van der Waals surface area contributed by atoms with Crippen LogP contribution in [0.4, 0.5) is 0 Å². The van der Waals surface area contributed by atoms with Crippen molar-refractivity contribution in [2.24, 2.45) is 5.41 Å². The first-order valence-corrected chi connectivity index (χ1v) is 11.6. The summed E-state index contributed by atoms with van der Waals surface area (Å²) in [5.74, 6) is 0. The van der Waals surface area contributed by atoms with Gasteiger partial charge in [0.2, 0.25) is 0 Å². The molecule has 0 amide bonds. The van der Waals surface area contributed by atoms with Crippen molar-refractivity contribution in [3.63, 3.8) is 0 Å². The summed E-state index contributed by atoms with van der Waals surface area (Å²) in [4.78, 5) is 7.45. The molecular formula is C19H45N3OSi. The zero-order chi connectivity index (χ0) is 18.6. The van der Waals surface area contributed by atoms with Gasteiger partial charge in [0.05, 0.1) is 0 Å². The summed E-state index contributed by atoms with van der Waals surface area (Å²) in [5, 5.41) is 0. The molecule has 0 aliphatic heterocycles. The minimum Gasteiger partial charge on any atom is -0.421 e. The number of nitrogens with zero attached hydrogens (tertiary/aromatic N) is 3. The van der Waals surface area contributed by atoms with Gasteiger partial charge in [0, 0.05) is 31.2 Å². The first-order valence-electron chi connectivity index (χ1n) is 9.99. The standard InChI is InChI=1S/C19H45N3OSi/c1-9-13-18(5)23-24-17-19(14-20(6)10-2,15-21(7)11-3)16-22(8)12-4/h18H,9-17,24H2,1-8H3. The number of hydrogen-bond donors (Lipinski definition) is 0. The highest BCUT2D eigenvalue weighted by Crippen LogP contribution is 2.27. The molecule has 24 heavy (non-hydrogen) atoms. The van der Waals surface area contributed by atoms with E-state index < -0.39 is 9.76 Å². The van der Waals surface area contributed by atoms with Gasteiger partial charge < -0.3 is 19.1 Å². The van der Waals surface area contributed by atoms with E-state index in [1.165, 1.54) is 18.9 Å². The zero-order valence-corrected chi connectivity index (χ0v) is 19.3. The average Bonchev–Trinajstić information content (AvgIpc) is 2.54. The molecule has 0 saturated carbocycles. The van der Waals surface area contributed by atoms with Crippen LogP contribution in [0.1, 0.15) is 47.5 Å². The van der Waals surface area contributed by atoms with E-state index in [1.54, 1.807) is 0 Å². The highest BCUT2D eigenvalue weighted by Gasteiger charge is 2.33. The van der Waals surface area contributed by atoms with Gasteiger partial charge in [-0.15, -0.1) is 0 Å². The quantitative estimate of drug-likeness (QED) is 0.418. The molecule has 4 nitrogen and oxygen atoms in total. The molecular weight excluding hydrogens is 314 g/mol. The molecule has 0 spiro atoms. The smallest absolute Gasteiger partial charge is 0.162 e. The van der Waals surface area contributed by atoms with Crippen LogP contribution >= 0.6 is 0 Å². The first-order chi connectivity index (χ1) is 11.3. The Bertz CT molecular complexity index is 273. The average molecular weight is 360 g/mol. The second kappa shape index (κ2) is 13.3. The van der Waals surface area contributed by atoms with Crippen molar-refractivity contribution in [3.05, 3.63) is 0 Å². The molecule has 0 aliphatic carbocycles. The molecule has 0 N–H and O–H groups in total. The Morgan fingerprint density at radius 2 is 1.25 bits per heavy atom.